The summed E-state index contributed by atoms with van der Waals surface area (Å²) in [5.41, 5.74) is -2.63. The number of halogens is 5. The quantitative estimate of drug-likeness (QED) is 0.567. The van der Waals surface area contributed by atoms with Crippen LogP contribution in [0.15, 0.2) is 47.3 Å². The molecule has 3 rings (SSSR count). The summed E-state index contributed by atoms with van der Waals surface area (Å²) in [4.78, 5) is 13.1. The predicted octanol–water partition coefficient (Wildman–Crippen LogP) is 4.25. The van der Waals surface area contributed by atoms with E-state index in [9.17, 15) is 28.5 Å². The summed E-state index contributed by atoms with van der Waals surface area (Å²) < 4.78 is 41.0. The Bertz CT molecular complexity index is 1370. The second-order valence-corrected chi connectivity index (χ2v) is 7.65. The lowest BCUT2D eigenvalue weighted by molar-refractivity contribution is -0.137. The summed E-state index contributed by atoms with van der Waals surface area (Å²) in [6.45, 7) is 0. The molecule has 0 aliphatic rings. The van der Waals surface area contributed by atoms with Gasteiger partial charge in [0.15, 0.2) is 5.57 Å². The van der Waals surface area contributed by atoms with Crippen molar-refractivity contribution in [2.75, 3.05) is 0 Å². The van der Waals surface area contributed by atoms with E-state index in [1.807, 2.05) is 0 Å². The fraction of sp³-hybridized carbons (Fsp3) is 0.0500. The third-order valence-corrected chi connectivity index (χ3v) is 5.74. The highest BCUT2D eigenvalue weighted by atomic mass is 35.5. The van der Waals surface area contributed by atoms with E-state index < -0.39 is 28.6 Å². The largest absolute Gasteiger partial charge is 0.418 e. The summed E-state index contributed by atoms with van der Waals surface area (Å²) in [5, 5.41) is 19.0. The SMILES string of the molecule is N#CC(C#N)=c1sc(=Cc2c(Cl)cccc2Cl)c(=O)n1-c1ccccc1C(F)(F)F. The van der Waals surface area contributed by atoms with Crippen LogP contribution in [0, 0.1) is 22.7 Å². The molecule has 3 aromatic rings. The minimum absolute atomic E-state index is 0.0417. The second-order valence-electron chi connectivity index (χ2n) is 5.81. The first kappa shape index (κ1) is 21.7. The molecule has 30 heavy (non-hydrogen) atoms. The molecular weight excluding hydrogens is 458 g/mol. The molecule has 0 amide bonds. The number of thiazole rings is 1. The highest BCUT2D eigenvalue weighted by Gasteiger charge is 2.34. The Hall–Kier alpha value is -3.04. The monoisotopic (exact) mass is 465 g/mol. The lowest BCUT2D eigenvalue weighted by Gasteiger charge is -2.12. The van der Waals surface area contributed by atoms with Crippen LogP contribution in [-0.2, 0) is 6.18 Å². The molecule has 150 valence electrons. The molecule has 0 spiro atoms. The number of hydrogen-bond donors (Lipinski definition) is 0. The normalized spacial score (nSPS) is 11.8. The van der Waals surface area contributed by atoms with Crippen LogP contribution in [0.4, 0.5) is 13.2 Å². The molecule has 1 aromatic heterocycles. The molecule has 0 atom stereocenters. The number of hydrogen-bond acceptors (Lipinski definition) is 4. The maximum Gasteiger partial charge on any atom is 0.418 e. The summed E-state index contributed by atoms with van der Waals surface area (Å²) >= 11 is 12.9. The number of alkyl halides is 3. The molecule has 2 aromatic carbocycles. The van der Waals surface area contributed by atoms with Crippen LogP contribution < -0.4 is 14.8 Å². The topological polar surface area (TPSA) is 69.6 Å². The van der Waals surface area contributed by atoms with E-state index in [-0.39, 0.29) is 24.8 Å². The lowest BCUT2D eigenvalue weighted by Crippen LogP contribution is -2.32. The van der Waals surface area contributed by atoms with Crippen molar-refractivity contribution in [3.63, 3.8) is 0 Å². The number of para-hydroxylation sites is 1. The van der Waals surface area contributed by atoms with Gasteiger partial charge in [-0.1, -0.05) is 41.4 Å². The summed E-state index contributed by atoms with van der Waals surface area (Å²) in [6.07, 6.45) is -3.44. The number of nitriles is 2. The second kappa shape index (κ2) is 8.37. The van der Waals surface area contributed by atoms with Gasteiger partial charge in [-0.15, -0.1) is 11.3 Å². The highest BCUT2D eigenvalue weighted by Crippen LogP contribution is 2.33. The minimum atomic E-state index is -4.76. The Morgan fingerprint density at radius 2 is 1.63 bits per heavy atom. The molecule has 0 saturated carbocycles. The van der Waals surface area contributed by atoms with Gasteiger partial charge in [-0.25, -0.2) is 0 Å². The first-order chi connectivity index (χ1) is 14.2. The molecule has 0 N–H and O–H groups in total. The van der Waals surface area contributed by atoms with Gasteiger partial charge in [0.25, 0.3) is 5.56 Å². The zero-order valence-electron chi connectivity index (χ0n) is 14.7. The third-order valence-electron chi connectivity index (χ3n) is 3.99. The van der Waals surface area contributed by atoms with Crippen LogP contribution >= 0.6 is 34.5 Å². The molecule has 1 heterocycles. The molecule has 0 bridgehead atoms. The van der Waals surface area contributed by atoms with E-state index >= 15 is 0 Å². The van der Waals surface area contributed by atoms with Gasteiger partial charge in [0.05, 0.1) is 15.8 Å². The van der Waals surface area contributed by atoms with E-state index in [0.717, 1.165) is 12.1 Å². The van der Waals surface area contributed by atoms with Gasteiger partial charge in [-0.2, -0.15) is 23.7 Å². The van der Waals surface area contributed by atoms with Crippen LogP contribution in [-0.4, -0.2) is 4.57 Å². The smallest absolute Gasteiger partial charge is 0.267 e. The lowest BCUT2D eigenvalue weighted by atomic mass is 10.1. The third kappa shape index (κ3) is 3.99. The average molecular weight is 466 g/mol. The zero-order valence-corrected chi connectivity index (χ0v) is 17.0. The van der Waals surface area contributed by atoms with Crippen LogP contribution in [0.2, 0.25) is 10.0 Å². The van der Waals surface area contributed by atoms with Crippen LogP contribution in [0.5, 0.6) is 0 Å². The van der Waals surface area contributed by atoms with Crippen molar-refractivity contribution >= 4 is 46.2 Å². The van der Waals surface area contributed by atoms with Crippen LogP contribution in [0.3, 0.4) is 0 Å². The number of benzene rings is 2. The van der Waals surface area contributed by atoms with E-state index in [1.54, 1.807) is 18.2 Å². The van der Waals surface area contributed by atoms with Gasteiger partial charge >= 0.3 is 6.18 Å². The fourth-order valence-electron chi connectivity index (χ4n) is 2.68. The summed E-state index contributed by atoms with van der Waals surface area (Å²) in [7, 11) is 0. The standard InChI is InChI=1S/C20H8Cl2F3N3OS/c21-14-5-3-6-15(22)12(14)8-17-18(29)28(19(30-17)11(9-26)10-27)16-7-2-1-4-13(16)20(23,24)25/h1-8H. The Balaban J connectivity index is 2.51. The summed E-state index contributed by atoms with van der Waals surface area (Å²) in [6, 6.07) is 12.3. The minimum Gasteiger partial charge on any atom is -0.267 e. The van der Waals surface area contributed by atoms with Crippen molar-refractivity contribution in [3.05, 3.63) is 83.2 Å². The maximum atomic E-state index is 13.5. The first-order valence-corrected chi connectivity index (χ1v) is 9.65. The molecule has 0 radical (unpaired) electrons. The number of aromatic nitrogens is 1. The molecule has 0 unspecified atom stereocenters. The van der Waals surface area contributed by atoms with Crippen molar-refractivity contribution < 1.29 is 13.2 Å². The van der Waals surface area contributed by atoms with Gasteiger partial charge in [0, 0.05) is 15.6 Å². The average Bonchev–Trinajstić information content (AvgIpc) is 3.01. The van der Waals surface area contributed by atoms with Gasteiger partial charge in [0.1, 0.15) is 16.8 Å². The Kier molecular flexibility index (Phi) is 6.04. The molecule has 0 aliphatic heterocycles. The van der Waals surface area contributed by atoms with Crippen molar-refractivity contribution in [1.29, 1.82) is 10.5 Å². The van der Waals surface area contributed by atoms with Gasteiger partial charge in [-0.05, 0) is 30.3 Å². The van der Waals surface area contributed by atoms with Gasteiger partial charge in [-0.3, -0.25) is 9.36 Å². The zero-order chi connectivity index (χ0) is 22.1. The molecular formula is C20H8Cl2F3N3OS. The number of nitrogens with zero attached hydrogens (tertiary/aromatic N) is 3. The molecule has 4 nitrogen and oxygen atoms in total. The Morgan fingerprint density at radius 3 is 2.20 bits per heavy atom. The molecule has 0 fully saturated rings. The molecule has 10 heteroatoms. The van der Waals surface area contributed by atoms with Gasteiger partial charge < -0.3 is 0 Å². The molecule has 0 aliphatic carbocycles. The maximum absolute atomic E-state index is 13.5. The Morgan fingerprint density at radius 1 is 1.03 bits per heavy atom. The van der Waals surface area contributed by atoms with E-state index in [2.05, 4.69) is 0 Å². The van der Waals surface area contributed by atoms with E-state index in [0.29, 0.717) is 15.9 Å². The van der Waals surface area contributed by atoms with Crippen LogP contribution in [0.1, 0.15) is 11.1 Å². The van der Waals surface area contributed by atoms with Crippen molar-refractivity contribution in [2.24, 2.45) is 0 Å². The van der Waals surface area contributed by atoms with Crippen molar-refractivity contribution in [3.8, 4) is 17.8 Å². The first-order valence-electron chi connectivity index (χ1n) is 8.07. The van der Waals surface area contributed by atoms with Crippen molar-refractivity contribution in [2.45, 2.75) is 6.18 Å². The van der Waals surface area contributed by atoms with E-state index in [4.69, 9.17) is 23.2 Å². The van der Waals surface area contributed by atoms with E-state index in [1.165, 1.54) is 30.3 Å². The van der Waals surface area contributed by atoms with Gasteiger partial charge in [0.2, 0.25) is 0 Å². The number of rotatable bonds is 2. The molecule has 0 saturated heterocycles. The predicted molar refractivity (Wildman–Crippen MR) is 109 cm³/mol. The summed E-state index contributed by atoms with van der Waals surface area (Å²) in [5.74, 6) is 0. The van der Waals surface area contributed by atoms with Crippen LogP contribution in [0.25, 0.3) is 17.3 Å². The highest BCUT2D eigenvalue weighted by molar-refractivity contribution is 7.07. The fourth-order valence-corrected chi connectivity index (χ4v) is 4.21. The van der Waals surface area contributed by atoms with Crippen molar-refractivity contribution in [1.82, 2.24) is 4.57 Å². The Labute approximate surface area is 181 Å².